The Morgan fingerprint density at radius 1 is 1.65 bits per heavy atom. The molecule has 2 aromatic heterocycles. The molecule has 10 heteroatoms. The van der Waals surface area contributed by atoms with E-state index in [9.17, 15) is 9.90 Å². The molecule has 108 valence electrons. The lowest BCUT2D eigenvalue weighted by molar-refractivity contribution is -0.111. The molecule has 1 aliphatic heterocycles. The topological polar surface area (TPSA) is 165 Å². The summed E-state index contributed by atoms with van der Waals surface area (Å²) in [5.41, 5.74) is 11.3. The molecule has 0 unspecified atom stereocenters. The minimum absolute atomic E-state index is 0.0259. The van der Waals surface area contributed by atoms with Crippen molar-refractivity contribution in [3.05, 3.63) is 16.7 Å². The molecule has 0 bridgehead atoms. The molecule has 3 heterocycles. The molecule has 0 radical (unpaired) electrons. The van der Waals surface area contributed by atoms with E-state index in [-0.39, 0.29) is 30.1 Å². The summed E-state index contributed by atoms with van der Waals surface area (Å²) in [5, 5.41) is 18.9. The van der Waals surface area contributed by atoms with E-state index in [1.54, 1.807) is 0 Å². The van der Waals surface area contributed by atoms with Crippen LogP contribution in [0.1, 0.15) is 6.42 Å². The van der Waals surface area contributed by atoms with E-state index in [2.05, 4.69) is 15.0 Å². The second kappa shape index (κ2) is 4.24. The van der Waals surface area contributed by atoms with E-state index < -0.39 is 23.6 Å². The highest BCUT2D eigenvalue weighted by Gasteiger charge is 2.45. The first-order valence-corrected chi connectivity index (χ1v) is 5.93. The third kappa shape index (κ3) is 1.78. The second-order valence-corrected chi connectivity index (χ2v) is 4.69. The van der Waals surface area contributed by atoms with Gasteiger partial charge in [0.15, 0.2) is 11.2 Å². The van der Waals surface area contributed by atoms with Gasteiger partial charge in [0.2, 0.25) is 11.8 Å². The van der Waals surface area contributed by atoms with Crippen molar-refractivity contribution in [2.45, 2.75) is 24.5 Å². The predicted molar refractivity (Wildman–Crippen MR) is 67.3 cm³/mol. The molecule has 1 fully saturated rings. The molecule has 10 nitrogen and oxygen atoms in total. The number of nitrogens with zero attached hydrogens (tertiary/aromatic N) is 3. The number of aromatic nitrogens is 4. The quantitative estimate of drug-likeness (QED) is 0.400. The van der Waals surface area contributed by atoms with Crippen molar-refractivity contribution in [3.63, 3.8) is 0 Å². The molecule has 0 saturated carbocycles. The molecule has 3 rings (SSSR count). The fraction of sp³-hybridized carbons (Fsp3) is 0.500. The van der Waals surface area contributed by atoms with E-state index in [0.717, 1.165) is 0 Å². The van der Waals surface area contributed by atoms with Crippen LogP contribution in [0.5, 0.6) is 0 Å². The Balaban J connectivity index is 2.14. The molecule has 0 aliphatic carbocycles. The minimum Gasteiger partial charge on any atom is -0.394 e. The Kier molecular flexibility index (Phi) is 2.76. The van der Waals surface area contributed by atoms with Crippen molar-refractivity contribution in [3.8, 4) is 0 Å². The summed E-state index contributed by atoms with van der Waals surface area (Å²) in [6.45, 7) is -0.372. The standard InChI is InChI=1S/C10H14N6O4/c11-9-14-7-6(8(19)15-9)13-3-16(7)10(12)1-4(18)5(2-17)20-10/h3-5,17-18H,1-2,12H2,(H3,11,14,15,19)/t4-,5+,10-/m0/s1. The fourth-order valence-corrected chi connectivity index (χ4v) is 2.34. The zero-order chi connectivity index (χ0) is 14.5. The van der Waals surface area contributed by atoms with E-state index >= 15 is 0 Å². The zero-order valence-corrected chi connectivity index (χ0v) is 10.4. The number of aliphatic hydroxyl groups is 2. The highest BCUT2D eigenvalue weighted by atomic mass is 16.6. The van der Waals surface area contributed by atoms with Crippen LogP contribution in [0.4, 0.5) is 5.95 Å². The van der Waals surface area contributed by atoms with Crippen LogP contribution < -0.4 is 17.0 Å². The van der Waals surface area contributed by atoms with Gasteiger partial charge in [-0.2, -0.15) is 4.98 Å². The minimum atomic E-state index is -1.45. The summed E-state index contributed by atoms with van der Waals surface area (Å²) in [4.78, 5) is 21.9. The molecule has 0 amide bonds. The SMILES string of the molecule is Nc1nc2c(ncn2[C@@]2(N)C[C@H](O)[C@@H](CO)O2)c(=O)[nH]1. The highest BCUT2D eigenvalue weighted by Crippen LogP contribution is 2.32. The molecule has 2 aromatic rings. The molecule has 1 saturated heterocycles. The van der Waals surface area contributed by atoms with E-state index in [1.807, 2.05) is 0 Å². The van der Waals surface area contributed by atoms with Crippen molar-refractivity contribution in [1.82, 2.24) is 19.5 Å². The Bertz CT molecular complexity index is 711. The third-order valence-corrected chi connectivity index (χ3v) is 3.30. The molecule has 0 spiro atoms. The Morgan fingerprint density at radius 2 is 2.40 bits per heavy atom. The predicted octanol–water partition coefficient (Wildman–Crippen LogP) is -2.59. The number of anilines is 1. The van der Waals surface area contributed by atoms with Gasteiger partial charge >= 0.3 is 0 Å². The average Bonchev–Trinajstić information content (AvgIpc) is 2.91. The summed E-state index contributed by atoms with van der Waals surface area (Å²) in [6.07, 6.45) is -0.421. The number of fused-ring (bicyclic) bond motifs is 1. The normalized spacial score (nSPS) is 30.1. The second-order valence-electron chi connectivity index (χ2n) is 4.69. The van der Waals surface area contributed by atoms with Crippen molar-refractivity contribution in [2.75, 3.05) is 12.3 Å². The Hall–Kier alpha value is -2.01. The first-order chi connectivity index (χ1) is 9.44. The van der Waals surface area contributed by atoms with Gasteiger partial charge in [-0.1, -0.05) is 0 Å². The average molecular weight is 282 g/mol. The van der Waals surface area contributed by atoms with Crippen LogP contribution in [0.3, 0.4) is 0 Å². The van der Waals surface area contributed by atoms with Crippen LogP contribution in [-0.4, -0.2) is 48.5 Å². The number of imidazole rings is 1. The van der Waals surface area contributed by atoms with Crippen molar-refractivity contribution in [2.24, 2.45) is 5.73 Å². The van der Waals surface area contributed by atoms with Gasteiger partial charge in [-0.15, -0.1) is 0 Å². The summed E-state index contributed by atoms with van der Waals surface area (Å²) in [6, 6.07) is 0. The first-order valence-electron chi connectivity index (χ1n) is 5.93. The number of nitrogen functional groups attached to an aromatic ring is 1. The molecule has 3 atom stereocenters. The van der Waals surface area contributed by atoms with Crippen LogP contribution in [-0.2, 0) is 10.6 Å². The van der Waals surface area contributed by atoms with Crippen LogP contribution in [0.15, 0.2) is 11.1 Å². The molecule has 7 N–H and O–H groups in total. The van der Waals surface area contributed by atoms with Crippen molar-refractivity contribution in [1.29, 1.82) is 0 Å². The van der Waals surface area contributed by atoms with E-state index in [0.29, 0.717) is 0 Å². The summed E-state index contributed by atoms with van der Waals surface area (Å²) < 4.78 is 6.78. The maximum absolute atomic E-state index is 11.7. The Labute approximate surface area is 112 Å². The number of hydrogen-bond acceptors (Lipinski definition) is 8. The van der Waals surface area contributed by atoms with Gasteiger partial charge in [-0.25, -0.2) is 4.98 Å². The van der Waals surface area contributed by atoms with Gasteiger partial charge < -0.3 is 20.7 Å². The van der Waals surface area contributed by atoms with Crippen molar-refractivity contribution < 1.29 is 14.9 Å². The van der Waals surface area contributed by atoms with Crippen molar-refractivity contribution >= 4 is 17.1 Å². The summed E-state index contributed by atoms with van der Waals surface area (Å²) in [7, 11) is 0. The zero-order valence-electron chi connectivity index (χ0n) is 10.4. The van der Waals surface area contributed by atoms with Gasteiger partial charge in [0.25, 0.3) is 5.56 Å². The van der Waals surface area contributed by atoms with Gasteiger partial charge in [-0.05, 0) is 0 Å². The number of aliphatic hydroxyl groups excluding tert-OH is 2. The van der Waals surface area contributed by atoms with Gasteiger partial charge in [0, 0.05) is 6.42 Å². The maximum Gasteiger partial charge on any atom is 0.280 e. The number of H-pyrrole nitrogens is 1. The number of aromatic amines is 1. The van der Waals surface area contributed by atoms with Crippen LogP contribution in [0, 0.1) is 0 Å². The van der Waals surface area contributed by atoms with E-state index in [1.165, 1.54) is 10.9 Å². The molecule has 1 aliphatic rings. The van der Waals surface area contributed by atoms with Gasteiger partial charge in [0.1, 0.15) is 12.4 Å². The van der Waals surface area contributed by atoms with E-state index in [4.69, 9.17) is 21.3 Å². The number of ether oxygens (including phenoxy) is 1. The molecule has 0 aromatic carbocycles. The van der Waals surface area contributed by atoms with Gasteiger partial charge in [0.05, 0.1) is 12.7 Å². The number of rotatable bonds is 2. The maximum atomic E-state index is 11.7. The summed E-state index contributed by atoms with van der Waals surface area (Å²) >= 11 is 0. The molecular formula is C10H14N6O4. The molecular weight excluding hydrogens is 268 g/mol. The monoisotopic (exact) mass is 282 g/mol. The first kappa shape index (κ1) is 13.0. The third-order valence-electron chi connectivity index (χ3n) is 3.30. The fourth-order valence-electron chi connectivity index (χ4n) is 2.34. The van der Waals surface area contributed by atoms with Crippen LogP contribution in [0.2, 0.25) is 0 Å². The Morgan fingerprint density at radius 3 is 3.05 bits per heavy atom. The largest absolute Gasteiger partial charge is 0.394 e. The highest BCUT2D eigenvalue weighted by molar-refractivity contribution is 5.70. The van der Waals surface area contributed by atoms with Gasteiger partial charge in [-0.3, -0.25) is 20.1 Å². The number of nitrogens with two attached hydrogens (primary N) is 2. The number of nitrogens with one attached hydrogen (secondary N) is 1. The lowest BCUT2D eigenvalue weighted by atomic mass is 10.1. The molecule has 20 heavy (non-hydrogen) atoms. The smallest absolute Gasteiger partial charge is 0.280 e. The lowest BCUT2D eigenvalue weighted by Crippen LogP contribution is -2.43. The van der Waals surface area contributed by atoms with Crippen LogP contribution in [0.25, 0.3) is 11.2 Å². The summed E-state index contributed by atoms with van der Waals surface area (Å²) in [5.74, 6) is -1.53. The lowest BCUT2D eigenvalue weighted by Gasteiger charge is -2.25. The number of hydrogen-bond donors (Lipinski definition) is 5. The van der Waals surface area contributed by atoms with Crippen LogP contribution >= 0.6 is 0 Å².